The molecule has 0 fully saturated rings. The largest absolute Gasteiger partial charge is 0.497 e. The van der Waals surface area contributed by atoms with Gasteiger partial charge in [0.2, 0.25) is 0 Å². The van der Waals surface area contributed by atoms with Gasteiger partial charge >= 0.3 is 11.9 Å². The second-order valence-electron chi connectivity index (χ2n) is 7.64. The Morgan fingerprint density at radius 2 is 1.06 bits per heavy atom. The smallest absolute Gasteiger partial charge is 0.338 e. The fourth-order valence-corrected chi connectivity index (χ4v) is 3.12. The van der Waals surface area contributed by atoms with Crippen LogP contribution in [0, 0.1) is 0 Å². The monoisotopic (exact) mass is 458 g/mol. The van der Waals surface area contributed by atoms with Gasteiger partial charge in [-0.1, -0.05) is 37.4 Å². The van der Waals surface area contributed by atoms with Gasteiger partial charge in [0.25, 0.3) is 0 Å². The molecule has 0 aromatic heterocycles. The van der Waals surface area contributed by atoms with E-state index in [-0.39, 0.29) is 5.57 Å². The molecule has 0 heterocycles. The van der Waals surface area contributed by atoms with Gasteiger partial charge in [0.1, 0.15) is 23.0 Å². The van der Waals surface area contributed by atoms with Crippen molar-refractivity contribution in [2.45, 2.75) is 13.8 Å². The van der Waals surface area contributed by atoms with E-state index in [0.717, 1.165) is 11.1 Å². The highest BCUT2D eigenvalue weighted by molar-refractivity contribution is 5.92. The van der Waals surface area contributed by atoms with Crippen LogP contribution in [0.1, 0.15) is 13.8 Å². The molecule has 0 saturated heterocycles. The number of carbonyl (C=O) groups is 2. The van der Waals surface area contributed by atoms with Crippen LogP contribution in [0.3, 0.4) is 0 Å². The molecule has 0 spiro atoms. The lowest BCUT2D eigenvalue weighted by molar-refractivity contribution is -0.130. The maximum atomic E-state index is 12.4. The summed E-state index contributed by atoms with van der Waals surface area (Å²) in [7, 11) is 3.16. The molecule has 3 aromatic rings. The summed E-state index contributed by atoms with van der Waals surface area (Å²) in [6.07, 6.45) is 0. The van der Waals surface area contributed by atoms with E-state index in [9.17, 15) is 9.59 Å². The van der Waals surface area contributed by atoms with Crippen molar-refractivity contribution in [2.75, 3.05) is 14.2 Å². The molecule has 0 radical (unpaired) electrons. The molecule has 0 aliphatic heterocycles. The van der Waals surface area contributed by atoms with Gasteiger partial charge in [-0.3, -0.25) is 0 Å². The standard InChI is InChI=1S/C28H26O6/c1-17(2)27(29)33-22-13-9-19(10-14-22)23-16-26(34-28(30)18(3)4)24(15-25(23)32-6)20-7-11-21(31-5)12-8-20/h7-16H,1,3H2,2,4-6H3. The first-order valence-electron chi connectivity index (χ1n) is 10.5. The van der Waals surface area contributed by atoms with E-state index in [4.69, 9.17) is 18.9 Å². The summed E-state index contributed by atoms with van der Waals surface area (Å²) in [6, 6.07) is 17.9. The number of methoxy groups -OCH3 is 2. The number of esters is 2. The fourth-order valence-electron chi connectivity index (χ4n) is 3.12. The summed E-state index contributed by atoms with van der Waals surface area (Å²) >= 11 is 0. The Morgan fingerprint density at radius 3 is 1.53 bits per heavy atom. The highest BCUT2D eigenvalue weighted by Crippen LogP contribution is 2.41. The van der Waals surface area contributed by atoms with E-state index in [0.29, 0.717) is 39.7 Å². The van der Waals surface area contributed by atoms with E-state index < -0.39 is 11.9 Å². The van der Waals surface area contributed by atoms with Crippen molar-refractivity contribution in [1.29, 1.82) is 0 Å². The molecule has 6 nitrogen and oxygen atoms in total. The lowest BCUT2D eigenvalue weighted by atomic mass is 9.97. The number of ether oxygens (including phenoxy) is 4. The average molecular weight is 459 g/mol. The van der Waals surface area contributed by atoms with Crippen LogP contribution in [0.15, 0.2) is 85.0 Å². The highest BCUT2D eigenvalue weighted by atomic mass is 16.5. The van der Waals surface area contributed by atoms with Crippen molar-refractivity contribution in [1.82, 2.24) is 0 Å². The molecule has 3 aromatic carbocycles. The van der Waals surface area contributed by atoms with Crippen molar-refractivity contribution in [2.24, 2.45) is 0 Å². The molecule has 0 aliphatic rings. The third-order valence-corrected chi connectivity index (χ3v) is 4.98. The predicted molar refractivity (Wildman–Crippen MR) is 131 cm³/mol. The SMILES string of the molecule is C=C(C)C(=O)Oc1ccc(-c2cc(OC(=O)C(=C)C)c(-c3ccc(OC)cc3)cc2OC)cc1. The second kappa shape index (κ2) is 10.5. The molecular formula is C28H26O6. The van der Waals surface area contributed by atoms with Crippen LogP contribution >= 0.6 is 0 Å². The van der Waals surface area contributed by atoms with Gasteiger partial charge in [-0.25, -0.2) is 9.59 Å². The molecule has 174 valence electrons. The Hall–Kier alpha value is -4.32. The summed E-state index contributed by atoms with van der Waals surface area (Å²) in [4.78, 5) is 24.1. The molecule has 0 saturated carbocycles. The van der Waals surface area contributed by atoms with E-state index in [1.54, 1.807) is 58.4 Å². The lowest BCUT2D eigenvalue weighted by Crippen LogP contribution is -2.09. The van der Waals surface area contributed by atoms with E-state index in [2.05, 4.69) is 13.2 Å². The Bertz CT molecular complexity index is 1240. The van der Waals surface area contributed by atoms with Crippen molar-refractivity contribution < 1.29 is 28.5 Å². The van der Waals surface area contributed by atoms with E-state index >= 15 is 0 Å². The zero-order valence-corrected chi connectivity index (χ0v) is 19.6. The third-order valence-electron chi connectivity index (χ3n) is 4.98. The first kappa shape index (κ1) is 24.3. The number of benzene rings is 3. The maximum Gasteiger partial charge on any atom is 0.338 e. The highest BCUT2D eigenvalue weighted by Gasteiger charge is 2.18. The number of rotatable bonds is 8. The number of hydrogen-bond acceptors (Lipinski definition) is 6. The van der Waals surface area contributed by atoms with Crippen LogP contribution in [-0.4, -0.2) is 26.2 Å². The first-order valence-corrected chi connectivity index (χ1v) is 10.5. The molecule has 34 heavy (non-hydrogen) atoms. The minimum atomic E-state index is -0.534. The van der Waals surface area contributed by atoms with E-state index in [1.807, 2.05) is 30.3 Å². The summed E-state index contributed by atoms with van der Waals surface area (Å²) in [6.45, 7) is 10.4. The van der Waals surface area contributed by atoms with Crippen molar-refractivity contribution in [3.8, 4) is 45.3 Å². The molecule has 0 bridgehead atoms. The van der Waals surface area contributed by atoms with Crippen molar-refractivity contribution in [3.05, 3.63) is 85.0 Å². The van der Waals surface area contributed by atoms with Crippen LogP contribution in [0.5, 0.6) is 23.0 Å². The average Bonchev–Trinajstić information content (AvgIpc) is 2.84. The topological polar surface area (TPSA) is 71.1 Å². The van der Waals surface area contributed by atoms with Crippen LogP contribution in [0.4, 0.5) is 0 Å². The van der Waals surface area contributed by atoms with Gasteiger partial charge < -0.3 is 18.9 Å². The Morgan fingerprint density at radius 1 is 0.618 bits per heavy atom. The molecule has 0 aliphatic carbocycles. The van der Waals surface area contributed by atoms with Gasteiger partial charge in [0.05, 0.1) is 14.2 Å². The normalized spacial score (nSPS) is 10.2. The fraction of sp³-hybridized carbons (Fsp3) is 0.143. The van der Waals surface area contributed by atoms with Crippen LogP contribution < -0.4 is 18.9 Å². The van der Waals surface area contributed by atoms with Crippen molar-refractivity contribution >= 4 is 11.9 Å². The maximum absolute atomic E-state index is 12.4. The Balaban J connectivity index is 2.08. The third kappa shape index (κ3) is 5.53. The molecule has 0 atom stereocenters. The van der Waals surface area contributed by atoms with E-state index in [1.165, 1.54) is 0 Å². The van der Waals surface area contributed by atoms with Crippen LogP contribution in [-0.2, 0) is 9.59 Å². The van der Waals surface area contributed by atoms with Gasteiger partial charge in [-0.2, -0.15) is 0 Å². The number of hydrogen-bond donors (Lipinski definition) is 0. The van der Waals surface area contributed by atoms with Gasteiger partial charge in [-0.15, -0.1) is 0 Å². The van der Waals surface area contributed by atoms with Gasteiger partial charge in [-0.05, 0) is 61.4 Å². The Kier molecular flexibility index (Phi) is 7.53. The lowest BCUT2D eigenvalue weighted by Gasteiger charge is -2.17. The van der Waals surface area contributed by atoms with Crippen LogP contribution in [0.25, 0.3) is 22.3 Å². The summed E-state index contributed by atoms with van der Waals surface area (Å²) in [5.74, 6) is 0.996. The zero-order chi connectivity index (χ0) is 24.8. The molecule has 0 unspecified atom stereocenters. The molecule has 0 N–H and O–H groups in total. The summed E-state index contributed by atoms with van der Waals surface area (Å²) < 4.78 is 21.8. The summed E-state index contributed by atoms with van der Waals surface area (Å²) in [5, 5.41) is 0. The zero-order valence-electron chi connectivity index (χ0n) is 19.6. The molecular weight excluding hydrogens is 432 g/mol. The molecule has 0 amide bonds. The first-order chi connectivity index (χ1) is 16.2. The van der Waals surface area contributed by atoms with Gasteiger partial charge in [0.15, 0.2) is 0 Å². The summed E-state index contributed by atoms with van der Waals surface area (Å²) in [5.41, 5.74) is 3.55. The van der Waals surface area contributed by atoms with Gasteiger partial charge in [0, 0.05) is 22.3 Å². The minimum absolute atomic E-state index is 0.279. The molecule has 3 rings (SSSR count). The second-order valence-corrected chi connectivity index (χ2v) is 7.64. The molecule has 6 heteroatoms. The Labute approximate surface area is 199 Å². The van der Waals surface area contributed by atoms with Crippen molar-refractivity contribution in [3.63, 3.8) is 0 Å². The van der Waals surface area contributed by atoms with Crippen LogP contribution in [0.2, 0.25) is 0 Å². The number of carbonyl (C=O) groups excluding carboxylic acids is 2. The predicted octanol–water partition coefficient (Wildman–Crippen LogP) is 6.00. The minimum Gasteiger partial charge on any atom is -0.497 e. The quantitative estimate of drug-likeness (QED) is 0.234.